The molecule has 1 aliphatic heterocycles. The molecule has 0 radical (unpaired) electrons. The first kappa shape index (κ1) is 26.1. The van der Waals surface area contributed by atoms with Gasteiger partial charge in [-0.2, -0.15) is 5.26 Å². The molecule has 10 heteroatoms. The number of halogens is 2. The number of benzene rings is 2. The number of thioether (sulfide) groups is 1. The molecular weight excluding hydrogens is 519 g/mol. The molecule has 0 spiro atoms. The number of carbonyl (C=O) groups is 1. The zero-order valence-corrected chi connectivity index (χ0v) is 22.4. The summed E-state index contributed by atoms with van der Waals surface area (Å²) in [5.74, 6) is 1.10. The Morgan fingerprint density at radius 2 is 2.00 bits per heavy atom. The van der Waals surface area contributed by atoms with Crippen LogP contribution in [-0.2, 0) is 17.8 Å². The molecule has 2 heterocycles. The van der Waals surface area contributed by atoms with Crippen molar-refractivity contribution in [2.45, 2.75) is 18.0 Å². The molecule has 3 aromatic rings. The molecular formula is C26H24Cl2N4O3S. The fourth-order valence-electron chi connectivity index (χ4n) is 4.09. The molecule has 36 heavy (non-hydrogen) atoms. The number of rotatable bonds is 7. The zero-order chi connectivity index (χ0) is 25.8. The van der Waals surface area contributed by atoms with E-state index in [0.29, 0.717) is 44.4 Å². The number of likely N-dealkylation sites (N-methyl/N-ethyl adjacent to an activating group) is 1. The highest BCUT2D eigenvalue weighted by molar-refractivity contribution is 8.00. The van der Waals surface area contributed by atoms with E-state index in [1.54, 1.807) is 32.4 Å². The van der Waals surface area contributed by atoms with Crippen LogP contribution >= 0.6 is 35.0 Å². The maximum absolute atomic E-state index is 12.7. The van der Waals surface area contributed by atoms with Gasteiger partial charge in [0.2, 0.25) is 5.91 Å². The third-order valence-corrected chi connectivity index (χ3v) is 7.55. The lowest BCUT2D eigenvalue weighted by Crippen LogP contribution is -2.28. The summed E-state index contributed by atoms with van der Waals surface area (Å²) in [7, 11) is 5.23. The van der Waals surface area contributed by atoms with Crippen LogP contribution in [0.25, 0.3) is 11.1 Å². The highest BCUT2D eigenvalue weighted by Crippen LogP contribution is 2.42. The number of hydrogen-bond donors (Lipinski definition) is 1. The smallest absolute Gasteiger partial charge is 0.234 e. The van der Waals surface area contributed by atoms with Crippen LogP contribution in [0.4, 0.5) is 5.69 Å². The van der Waals surface area contributed by atoms with Gasteiger partial charge in [0.15, 0.2) is 0 Å². The topological polar surface area (TPSA) is 87.5 Å². The van der Waals surface area contributed by atoms with Gasteiger partial charge in [0, 0.05) is 42.0 Å². The van der Waals surface area contributed by atoms with E-state index < -0.39 is 0 Å². The lowest BCUT2D eigenvalue weighted by Gasteiger charge is -2.28. The first-order valence-corrected chi connectivity index (χ1v) is 12.8. The maximum atomic E-state index is 12.7. The minimum Gasteiger partial charge on any atom is -0.497 e. The molecule has 0 atom stereocenters. The third kappa shape index (κ3) is 5.55. The van der Waals surface area contributed by atoms with Crippen LogP contribution in [0.2, 0.25) is 10.0 Å². The summed E-state index contributed by atoms with van der Waals surface area (Å²) < 4.78 is 11.1. The van der Waals surface area contributed by atoms with E-state index in [1.807, 2.05) is 25.2 Å². The highest BCUT2D eigenvalue weighted by atomic mass is 35.5. The van der Waals surface area contributed by atoms with E-state index in [2.05, 4.69) is 16.3 Å². The first-order chi connectivity index (χ1) is 17.3. The summed E-state index contributed by atoms with van der Waals surface area (Å²) in [5.41, 5.74) is 4.36. The van der Waals surface area contributed by atoms with Crippen LogP contribution in [0, 0.1) is 11.3 Å². The van der Waals surface area contributed by atoms with Gasteiger partial charge in [-0.05, 0) is 49.0 Å². The second kappa shape index (κ2) is 11.4. The summed E-state index contributed by atoms with van der Waals surface area (Å²) in [6, 6.07) is 12.7. The fourth-order valence-corrected chi connectivity index (χ4v) is 5.20. The number of methoxy groups -OCH3 is 2. The zero-order valence-electron chi connectivity index (χ0n) is 20.0. The van der Waals surface area contributed by atoms with E-state index in [-0.39, 0.29) is 11.7 Å². The first-order valence-electron chi connectivity index (χ1n) is 11.1. The van der Waals surface area contributed by atoms with Crippen molar-refractivity contribution in [2.24, 2.45) is 0 Å². The monoisotopic (exact) mass is 542 g/mol. The molecule has 0 aliphatic carbocycles. The summed E-state index contributed by atoms with van der Waals surface area (Å²) in [6.45, 7) is 1.50. The van der Waals surface area contributed by atoms with Crippen LogP contribution < -0.4 is 14.8 Å². The Labute approximate surface area is 224 Å². The molecule has 1 aromatic heterocycles. The number of hydrogen-bond acceptors (Lipinski definition) is 7. The number of aromatic nitrogens is 1. The second-order valence-corrected chi connectivity index (χ2v) is 10.0. The lowest BCUT2D eigenvalue weighted by molar-refractivity contribution is -0.113. The molecule has 0 fully saturated rings. The number of nitrogens with one attached hydrogen (secondary N) is 1. The molecule has 4 rings (SSSR count). The Morgan fingerprint density at radius 1 is 1.19 bits per heavy atom. The van der Waals surface area contributed by atoms with Crippen molar-refractivity contribution < 1.29 is 14.3 Å². The number of nitrogens with zero attached hydrogens (tertiary/aromatic N) is 3. The van der Waals surface area contributed by atoms with Gasteiger partial charge in [0.05, 0.1) is 35.6 Å². The summed E-state index contributed by atoms with van der Waals surface area (Å²) in [4.78, 5) is 19.7. The van der Waals surface area contributed by atoms with E-state index in [1.165, 1.54) is 11.8 Å². The number of amides is 1. The van der Waals surface area contributed by atoms with Gasteiger partial charge in [-0.1, -0.05) is 35.0 Å². The number of pyridine rings is 1. The Morgan fingerprint density at radius 3 is 2.69 bits per heavy atom. The minimum atomic E-state index is -0.248. The fraction of sp³-hybridized carbons (Fsp3) is 0.269. The van der Waals surface area contributed by atoms with Crippen molar-refractivity contribution in [1.82, 2.24) is 9.88 Å². The summed E-state index contributed by atoms with van der Waals surface area (Å²) >= 11 is 13.2. The lowest BCUT2D eigenvalue weighted by atomic mass is 9.91. The largest absolute Gasteiger partial charge is 0.497 e. The predicted octanol–water partition coefficient (Wildman–Crippen LogP) is 5.66. The van der Waals surface area contributed by atoms with Crippen molar-refractivity contribution in [3.05, 3.63) is 63.3 Å². The molecule has 1 aliphatic rings. The van der Waals surface area contributed by atoms with Crippen LogP contribution in [0.15, 0.2) is 41.4 Å². The van der Waals surface area contributed by atoms with Gasteiger partial charge in [0.1, 0.15) is 22.6 Å². The molecule has 7 nitrogen and oxygen atoms in total. The molecule has 186 valence electrons. The SMILES string of the molecule is COc1ccc(OC)c(-c2c(C#N)c(SCC(=O)Nc3ccc(Cl)c(Cl)c3)nc3c2CN(C)CC3)c1. The number of fused-ring (bicyclic) bond motifs is 1. The quantitative estimate of drug-likeness (QED) is 0.385. The van der Waals surface area contributed by atoms with Crippen molar-refractivity contribution in [3.8, 4) is 28.7 Å². The number of carbonyl (C=O) groups excluding carboxylic acids is 1. The number of ether oxygens (including phenoxy) is 2. The van der Waals surface area contributed by atoms with Crippen LogP contribution in [-0.4, -0.2) is 49.4 Å². The standard InChI is InChI=1S/C26H24Cl2N4O3S/c1-32-9-8-22-19(13-32)25(17-11-16(34-2)5-7-23(17)35-3)18(12-29)26(31-22)36-14-24(33)30-15-4-6-20(27)21(28)10-15/h4-7,10-11H,8-9,13-14H2,1-3H3,(H,30,33). The van der Waals surface area contributed by atoms with Gasteiger partial charge in [-0.15, -0.1) is 0 Å². The third-order valence-electron chi connectivity index (χ3n) is 5.84. The molecule has 0 saturated heterocycles. The molecule has 1 amide bonds. The van der Waals surface area contributed by atoms with Crippen molar-refractivity contribution >= 4 is 46.6 Å². The van der Waals surface area contributed by atoms with Gasteiger partial charge < -0.3 is 19.7 Å². The highest BCUT2D eigenvalue weighted by Gasteiger charge is 2.27. The second-order valence-electron chi connectivity index (χ2n) is 8.22. The van der Waals surface area contributed by atoms with Crippen LogP contribution in [0.1, 0.15) is 16.8 Å². The van der Waals surface area contributed by atoms with E-state index in [0.717, 1.165) is 35.3 Å². The van der Waals surface area contributed by atoms with Gasteiger partial charge in [0.25, 0.3) is 0 Å². The average Bonchev–Trinajstić information content (AvgIpc) is 2.88. The molecule has 1 N–H and O–H groups in total. The van der Waals surface area contributed by atoms with Crippen molar-refractivity contribution in [1.29, 1.82) is 5.26 Å². The van der Waals surface area contributed by atoms with Crippen LogP contribution in [0.3, 0.4) is 0 Å². The Bertz CT molecular complexity index is 1360. The number of anilines is 1. The van der Waals surface area contributed by atoms with Gasteiger partial charge >= 0.3 is 0 Å². The normalized spacial score (nSPS) is 13.0. The summed E-state index contributed by atoms with van der Waals surface area (Å²) in [6.07, 6.45) is 0.736. The van der Waals surface area contributed by atoms with Gasteiger partial charge in [-0.25, -0.2) is 4.98 Å². The maximum Gasteiger partial charge on any atom is 0.234 e. The van der Waals surface area contributed by atoms with Crippen molar-refractivity contribution in [2.75, 3.05) is 38.9 Å². The molecule has 0 unspecified atom stereocenters. The van der Waals surface area contributed by atoms with Crippen LogP contribution in [0.5, 0.6) is 11.5 Å². The molecule has 0 saturated carbocycles. The molecule has 0 bridgehead atoms. The van der Waals surface area contributed by atoms with Crippen molar-refractivity contribution in [3.63, 3.8) is 0 Å². The Hall–Kier alpha value is -2.96. The van der Waals surface area contributed by atoms with E-state index in [9.17, 15) is 10.1 Å². The minimum absolute atomic E-state index is 0.0648. The number of nitriles is 1. The van der Waals surface area contributed by atoms with E-state index in [4.69, 9.17) is 37.7 Å². The molecule has 2 aromatic carbocycles. The van der Waals surface area contributed by atoms with Gasteiger partial charge in [-0.3, -0.25) is 4.79 Å². The predicted molar refractivity (Wildman–Crippen MR) is 143 cm³/mol. The average molecular weight is 543 g/mol. The van der Waals surface area contributed by atoms with E-state index >= 15 is 0 Å². The Balaban J connectivity index is 1.72. The summed E-state index contributed by atoms with van der Waals surface area (Å²) in [5, 5.41) is 14.3. The Kier molecular flexibility index (Phi) is 8.27.